The predicted molar refractivity (Wildman–Crippen MR) is 76.4 cm³/mol. The summed E-state index contributed by atoms with van der Waals surface area (Å²) in [5.41, 5.74) is 1.01. The van der Waals surface area contributed by atoms with Crippen molar-refractivity contribution in [2.24, 2.45) is 0 Å². The van der Waals surface area contributed by atoms with Gasteiger partial charge >= 0.3 is 6.03 Å². The summed E-state index contributed by atoms with van der Waals surface area (Å²) in [6.07, 6.45) is 2.26. The average molecular weight is 292 g/mol. The lowest BCUT2D eigenvalue weighted by molar-refractivity contribution is 0.109. The second kappa shape index (κ2) is 6.22. The second-order valence-corrected chi connectivity index (χ2v) is 5.36. The first-order valence-electron chi connectivity index (χ1n) is 7.21. The number of carbonyl (C=O) groups excluding carboxylic acids is 1. The molecule has 0 aliphatic carbocycles. The van der Waals surface area contributed by atoms with E-state index in [0.29, 0.717) is 13.1 Å². The van der Waals surface area contributed by atoms with Gasteiger partial charge in [-0.1, -0.05) is 6.07 Å². The Kier molecular flexibility index (Phi) is 4.15. The molecule has 6 heteroatoms. The van der Waals surface area contributed by atoms with Crippen LogP contribution < -0.4 is 14.8 Å². The molecule has 0 radical (unpaired) electrons. The lowest BCUT2D eigenvalue weighted by Gasteiger charge is -2.19. The first kappa shape index (κ1) is 14.0. The Morgan fingerprint density at radius 2 is 2.24 bits per heavy atom. The number of benzene rings is 1. The number of carbonyl (C=O) groups is 1. The number of nitrogens with one attached hydrogen (secondary N) is 1. The maximum absolute atomic E-state index is 12.0. The Labute approximate surface area is 124 Å². The predicted octanol–water partition coefficient (Wildman–Crippen LogP) is 1.74. The van der Waals surface area contributed by atoms with Crippen LogP contribution in [0.1, 0.15) is 18.4 Å². The topological polar surface area (TPSA) is 60.0 Å². The average Bonchev–Trinajstić information content (AvgIpc) is 3.15. The minimum Gasteiger partial charge on any atom is -0.454 e. The minimum absolute atomic E-state index is 0.0943. The van der Waals surface area contributed by atoms with Gasteiger partial charge < -0.3 is 24.4 Å². The van der Waals surface area contributed by atoms with Crippen LogP contribution in [0.5, 0.6) is 11.5 Å². The molecule has 6 nitrogen and oxygen atoms in total. The zero-order valence-electron chi connectivity index (χ0n) is 12.1. The van der Waals surface area contributed by atoms with Gasteiger partial charge in [0, 0.05) is 26.7 Å². The van der Waals surface area contributed by atoms with E-state index in [9.17, 15) is 4.79 Å². The molecule has 2 aliphatic heterocycles. The van der Waals surface area contributed by atoms with Gasteiger partial charge in [0.2, 0.25) is 6.79 Å². The quantitative estimate of drug-likeness (QED) is 0.918. The van der Waals surface area contributed by atoms with E-state index < -0.39 is 0 Å². The molecule has 1 aromatic rings. The van der Waals surface area contributed by atoms with Gasteiger partial charge in [0.1, 0.15) is 0 Å². The summed E-state index contributed by atoms with van der Waals surface area (Å²) in [6, 6.07) is 5.63. The molecule has 0 spiro atoms. The van der Waals surface area contributed by atoms with E-state index >= 15 is 0 Å². The van der Waals surface area contributed by atoms with Crippen LogP contribution in [-0.4, -0.2) is 44.0 Å². The zero-order chi connectivity index (χ0) is 14.7. The molecule has 0 bridgehead atoms. The van der Waals surface area contributed by atoms with Gasteiger partial charge in [-0.25, -0.2) is 4.79 Å². The largest absolute Gasteiger partial charge is 0.454 e. The number of hydrogen-bond acceptors (Lipinski definition) is 4. The third-order valence-corrected chi connectivity index (χ3v) is 3.71. The summed E-state index contributed by atoms with van der Waals surface area (Å²) in [5.74, 6) is 1.49. The molecule has 1 aromatic carbocycles. The van der Waals surface area contributed by atoms with Crippen molar-refractivity contribution in [2.75, 3.05) is 27.0 Å². The standard InChI is InChI=1S/C15H20N2O4/c1-17(15(18)16-8-12-3-2-6-19-12)9-11-4-5-13-14(7-11)21-10-20-13/h4-5,7,12H,2-3,6,8-10H2,1H3,(H,16,18)/t12-/m0/s1. The van der Waals surface area contributed by atoms with Crippen LogP contribution >= 0.6 is 0 Å². The van der Waals surface area contributed by atoms with Crippen molar-refractivity contribution in [1.29, 1.82) is 0 Å². The van der Waals surface area contributed by atoms with Crippen LogP contribution in [0.25, 0.3) is 0 Å². The van der Waals surface area contributed by atoms with Gasteiger partial charge in [-0.15, -0.1) is 0 Å². The number of nitrogens with zero attached hydrogens (tertiary/aromatic N) is 1. The SMILES string of the molecule is CN(Cc1ccc2c(c1)OCO2)C(=O)NC[C@@H]1CCCO1. The summed E-state index contributed by atoms with van der Waals surface area (Å²) in [6.45, 7) is 2.16. The molecule has 1 saturated heterocycles. The molecule has 1 atom stereocenters. The van der Waals surface area contributed by atoms with Crippen LogP contribution in [0, 0.1) is 0 Å². The van der Waals surface area contributed by atoms with Crippen molar-refractivity contribution in [1.82, 2.24) is 10.2 Å². The van der Waals surface area contributed by atoms with Gasteiger partial charge in [-0.3, -0.25) is 0 Å². The molecular weight excluding hydrogens is 272 g/mol. The fourth-order valence-corrected chi connectivity index (χ4v) is 2.53. The van der Waals surface area contributed by atoms with Crippen LogP contribution in [0.4, 0.5) is 4.79 Å². The second-order valence-electron chi connectivity index (χ2n) is 5.36. The molecule has 2 amide bonds. The van der Waals surface area contributed by atoms with E-state index in [1.165, 1.54) is 0 Å². The molecule has 114 valence electrons. The van der Waals surface area contributed by atoms with Gasteiger partial charge in [-0.2, -0.15) is 0 Å². The highest BCUT2D eigenvalue weighted by Crippen LogP contribution is 2.32. The van der Waals surface area contributed by atoms with Crippen LogP contribution in [0.2, 0.25) is 0 Å². The van der Waals surface area contributed by atoms with E-state index in [-0.39, 0.29) is 18.9 Å². The van der Waals surface area contributed by atoms with E-state index in [1.54, 1.807) is 11.9 Å². The Bertz CT molecular complexity index is 514. The van der Waals surface area contributed by atoms with Crippen molar-refractivity contribution in [3.8, 4) is 11.5 Å². The molecule has 2 aliphatic rings. The highest BCUT2D eigenvalue weighted by atomic mass is 16.7. The lowest BCUT2D eigenvalue weighted by Crippen LogP contribution is -2.40. The number of ether oxygens (including phenoxy) is 3. The molecule has 1 fully saturated rings. The summed E-state index contributed by atoms with van der Waals surface area (Å²) >= 11 is 0. The lowest BCUT2D eigenvalue weighted by atomic mass is 10.2. The number of rotatable bonds is 4. The first-order chi connectivity index (χ1) is 10.2. The van der Waals surface area contributed by atoms with Gasteiger partial charge in [0.05, 0.1) is 6.10 Å². The Morgan fingerprint density at radius 3 is 3.05 bits per heavy atom. The molecule has 0 aromatic heterocycles. The van der Waals surface area contributed by atoms with Crippen molar-refractivity contribution in [2.45, 2.75) is 25.5 Å². The molecule has 0 saturated carbocycles. The summed E-state index contributed by atoms with van der Waals surface area (Å²) < 4.78 is 16.1. The molecule has 3 rings (SSSR count). The summed E-state index contributed by atoms with van der Waals surface area (Å²) in [4.78, 5) is 13.7. The Morgan fingerprint density at radius 1 is 1.38 bits per heavy atom. The van der Waals surface area contributed by atoms with Crippen LogP contribution in [0.3, 0.4) is 0 Å². The molecular formula is C15H20N2O4. The molecule has 2 heterocycles. The molecule has 21 heavy (non-hydrogen) atoms. The summed E-state index contributed by atoms with van der Waals surface area (Å²) in [5, 5.41) is 2.90. The minimum atomic E-state index is -0.0943. The van der Waals surface area contributed by atoms with Crippen molar-refractivity contribution in [3.63, 3.8) is 0 Å². The van der Waals surface area contributed by atoms with E-state index in [1.807, 2.05) is 18.2 Å². The summed E-state index contributed by atoms with van der Waals surface area (Å²) in [7, 11) is 1.77. The maximum Gasteiger partial charge on any atom is 0.317 e. The van der Waals surface area contributed by atoms with Crippen LogP contribution in [0.15, 0.2) is 18.2 Å². The first-order valence-corrected chi connectivity index (χ1v) is 7.21. The number of fused-ring (bicyclic) bond motifs is 1. The number of amides is 2. The highest BCUT2D eigenvalue weighted by Gasteiger charge is 2.18. The smallest absolute Gasteiger partial charge is 0.317 e. The van der Waals surface area contributed by atoms with Gasteiger partial charge in [0.15, 0.2) is 11.5 Å². The van der Waals surface area contributed by atoms with Gasteiger partial charge in [0.25, 0.3) is 0 Å². The zero-order valence-corrected chi connectivity index (χ0v) is 12.1. The number of hydrogen-bond donors (Lipinski definition) is 1. The molecule has 1 N–H and O–H groups in total. The maximum atomic E-state index is 12.0. The van der Waals surface area contributed by atoms with E-state index in [4.69, 9.17) is 14.2 Å². The van der Waals surface area contributed by atoms with Crippen molar-refractivity contribution in [3.05, 3.63) is 23.8 Å². The molecule has 0 unspecified atom stereocenters. The highest BCUT2D eigenvalue weighted by molar-refractivity contribution is 5.73. The van der Waals surface area contributed by atoms with E-state index in [2.05, 4.69) is 5.32 Å². The monoisotopic (exact) mass is 292 g/mol. The third-order valence-electron chi connectivity index (χ3n) is 3.71. The fourth-order valence-electron chi connectivity index (χ4n) is 2.53. The van der Waals surface area contributed by atoms with E-state index in [0.717, 1.165) is 36.5 Å². The number of urea groups is 1. The van der Waals surface area contributed by atoms with Crippen molar-refractivity contribution < 1.29 is 19.0 Å². The Hall–Kier alpha value is -1.95. The van der Waals surface area contributed by atoms with Crippen LogP contribution in [-0.2, 0) is 11.3 Å². The fraction of sp³-hybridized carbons (Fsp3) is 0.533. The third kappa shape index (κ3) is 3.39. The Balaban J connectivity index is 1.50. The normalized spacial score (nSPS) is 19.6. The van der Waals surface area contributed by atoms with Crippen molar-refractivity contribution >= 4 is 6.03 Å². The van der Waals surface area contributed by atoms with Gasteiger partial charge in [-0.05, 0) is 30.5 Å².